The number of amides is 1. The number of thioether (sulfide) groups is 1. The molecule has 2 aromatic carbocycles. The van der Waals surface area contributed by atoms with E-state index in [0.717, 1.165) is 17.0 Å². The molecular formula is C19H18ClN3OS. The summed E-state index contributed by atoms with van der Waals surface area (Å²) in [7, 11) is 0. The van der Waals surface area contributed by atoms with Gasteiger partial charge in [0, 0.05) is 28.9 Å². The highest BCUT2D eigenvalue weighted by Crippen LogP contribution is 2.19. The smallest absolute Gasteiger partial charge is 0.230 e. The van der Waals surface area contributed by atoms with Gasteiger partial charge < -0.3 is 5.32 Å². The van der Waals surface area contributed by atoms with Crippen molar-refractivity contribution < 1.29 is 4.79 Å². The Morgan fingerprint density at radius 1 is 1.12 bits per heavy atom. The number of carbonyl (C=O) groups is 1. The molecule has 0 atom stereocenters. The summed E-state index contributed by atoms with van der Waals surface area (Å²) in [5.41, 5.74) is 2.21. The molecule has 0 bridgehead atoms. The standard InChI is InChI=1S/C19H18ClN3OS/c20-16-4-8-18(9-5-16)25-14-19(24)21-12-10-15-2-6-17(7-3-15)23-13-1-11-22-23/h1-9,11,13H,10,12,14H2,(H,21,24). The lowest BCUT2D eigenvalue weighted by molar-refractivity contribution is -0.118. The van der Waals surface area contributed by atoms with Crippen LogP contribution in [-0.4, -0.2) is 28.0 Å². The molecule has 0 fully saturated rings. The van der Waals surface area contributed by atoms with Crippen LogP contribution in [0.1, 0.15) is 5.56 Å². The summed E-state index contributed by atoms with van der Waals surface area (Å²) in [6.45, 7) is 0.626. The van der Waals surface area contributed by atoms with Gasteiger partial charge in [0.1, 0.15) is 0 Å². The summed E-state index contributed by atoms with van der Waals surface area (Å²) in [4.78, 5) is 12.9. The summed E-state index contributed by atoms with van der Waals surface area (Å²) < 4.78 is 1.82. The van der Waals surface area contributed by atoms with Gasteiger partial charge in [-0.2, -0.15) is 5.10 Å². The van der Waals surface area contributed by atoms with Crippen LogP contribution in [0.5, 0.6) is 0 Å². The van der Waals surface area contributed by atoms with Gasteiger partial charge in [-0.1, -0.05) is 23.7 Å². The van der Waals surface area contributed by atoms with E-state index in [4.69, 9.17) is 11.6 Å². The molecule has 0 spiro atoms. The zero-order chi connectivity index (χ0) is 17.5. The normalized spacial score (nSPS) is 10.6. The van der Waals surface area contributed by atoms with Gasteiger partial charge in [-0.3, -0.25) is 4.79 Å². The third-order valence-corrected chi connectivity index (χ3v) is 4.89. The molecule has 25 heavy (non-hydrogen) atoms. The number of aromatic nitrogens is 2. The molecule has 3 rings (SSSR count). The summed E-state index contributed by atoms with van der Waals surface area (Å²) >= 11 is 7.35. The molecule has 4 nitrogen and oxygen atoms in total. The van der Waals surface area contributed by atoms with Crippen LogP contribution in [0, 0.1) is 0 Å². The highest BCUT2D eigenvalue weighted by atomic mass is 35.5. The first-order valence-corrected chi connectivity index (χ1v) is 9.31. The van der Waals surface area contributed by atoms with Crippen molar-refractivity contribution in [3.63, 3.8) is 0 Å². The maximum Gasteiger partial charge on any atom is 0.230 e. The number of halogens is 1. The Morgan fingerprint density at radius 2 is 1.88 bits per heavy atom. The van der Waals surface area contributed by atoms with Crippen LogP contribution in [0.25, 0.3) is 5.69 Å². The molecule has 0 aliphatic rings. The fraction of sp³-hybridized carbons (Fsp3) is 0.158. The number of benzene rings is 2. The Bertz CT molecular complexity index is 802. The Morgan fingerprint density at radius 3 is 2.56 bits per heavy atom. The second kappa shape index (κ2) is 8.74. The second-order valence-electron chi connectivity index (χ2n) is 5.46. The minimum Gasteiger partial charge on any atom is -0.355 e. The van der Waals surface area contributed by atoms with Crippen molar-refractivity contribution in [2.75, 3.05) is 12.3 Å². The highest BCUT2D eigenvalue weighted by Gasteiger charge is 2.03. The quantitative estimate of drug-likeness (QED) is 0.639. The van der Waals surface area contributed by atoms with Crippen molar-refractivity contribution in [2.45, 2.75) is 11.3 Å². The third-order valence-electron chi connectivity index (χ3n) is 3.62. The topological polar surface area (TPSA) is 46.9 Å². The molecule has 1 heterocycles. The van der Waals surface area contributed by atoms with Crippen molar-refractivity contribution in [1.29, 1.82) is 0 Å². The Labute approximate surface area is 156 Å². The van der Waals surface area contributed by atoms with Crippen LogP contribution >= 0.6 is 23.4 Å². The maximum atomic E-state index is 11.9. The lowest BCUT2D eigenvalue weighted by Gasteiger charge is -2.07. The monoisotopic (exact) mass is 371 g/mol. The van der Waals surface area contributed by atoms with Gasteiger partial charge in [0.25, 0.3) is 0 Å². The van der Waals surface area contributed by atoms with Gasteiger partial charge in [-0.25, -0.2) is 4.68 Å². The van der Waals surface area contributed by atoms with Crippen LogP contribution in [-0.2, 0) is 11.2 Å². The van der Waals surface area contributed by atoms with Crippen LogP contribution in [0.4, 0.5) is 0 Å². The van der Waals surface area contributed by atoms with E-state index in [9.17, 15) is 4.79 Å². The minimum absolute atomic E-state index is 0.0353. The summed E-state index contributed by atoms with van der Waals surface area (Å²) in [5, 5.41) is 7.85. The van der Waals surface area contributed by atoms with Crippen molar-refractivity contribution in [3.05, 3.63) is 77.6 Å². The zero-order valence-electron chi connectivity index (χ0n) is 13.6. The molecule has 0 aliphatic heterocycles. The minimum atomic E-state index is 0.0353. The number of hydrogen-bond donors (Lipinski definition) is 1. The fourth-order valence-electron chi connectivity index (χ4n) is 2.31. The molecular weight excluding hydrogens is 354 g/mol. The Kier molecular flexibility index (Phi) is 6.14. The van der Waals surface area contributed by atoms with Crippen molar-refractivity contribution in [2.24, 2.45) is 0 Å². The number of rotatable bonds is 7. The van der Waals surface area contributed by atoms with E-state index < -0.39 is 0 Å². The van der Waals surface area contributed by atoms with Crippen LogP contribution < -0.4 is 5.32 Å². The van der Waals surface area contributed by atoms with E-state index in [1.54, 1.807) is 6.20 Å². The van der Waals surface area contributed by atoms with Crippen LogP contribution in [0.15, 0.2) is 71.9 Å². The summed E-state index contributed by atoms with van der Waals surface area (Å²) in [6.07, 6.45) is 4.47. The number of carbonyl (C=O) groups excluding carboxylic acids is 1. The molecule has 0 radical (unpaired) electrons. The van der Waals surface area contributed by atoms with E-state index in [-0.39, 0.29) is 5.91 Å². The van der Waals surface area contributed by atoms with Crippen LogP contribution in [0.2, 0.25) is 5.02 Å². The van der Waals surface area contributed by atoms with E-state index >= 15 is 0 Å². The van der Waals surface area contributed by atoms with E-state index in [2.05, 4.69) is 22.5 Å². The van der Waals surface area contributed by atoms with Crippen molar-refractivity contribution >= 4 is 29.3 Å². The Hall–Kier alpha value is -2.24. The Balaban J connectivity index is 1.40. The van der Waals surface area contributed by atoms with Gasteiger partial charge >= 0.3 is 0 Å². The van der Waals surface area contributed by atoms with E-state index in [1.165, 1.54) is 17.3 Å². The highest BCUT2D eigenvalue weighted by molar-refractivity contribution is 8.00. The second-order valence-corrected chi connectivity index (χ2v) is 6.94. The molecule has 1 amide bonds. The SMILES string of the molecule is O=C(CSc1ccc(Cl)cc1)NCCc1ccc(-n2cccn2)cc1. The summed E-state index contributed by atoms with van der Waals surface area (Å²) in [5.74, 6) is 0.438. The molecule has 128 valence electrons. The first-order chi connectivity index (χ1) is 12.2. The lowest BCUT2D eigenvalue weighted by atomic mass is 10.1. The average molecular weight is 372 g/mol. The van der Waals surface area contributed by atoms with Crippen LogP contribution in [0.3, 0.4) is 0 Å². The molecule has 1 aromatic heterocycles. The molecule has 0 aliphatic carbocycles. The number of hydrogen-bond acceptors (Lipinski definition) is 3. The predicted octanol–water partition coefficient (Wildman–Crippen LogP) is 3.98. The van der Waals surface area contributed by atoms with Gasteiger partial charge in [-0.05, 0) is 54.4 Å². The molecule has 3 aromatic rings. The van der Waals surface area contributed by atoms with Crippen molar-refractivity contribution in [3.8, 4) is 5.69 Å². The first-order valence-electron chi connectivity index (χ1n) is 7.95. The largest absolute Gasteiger partial charge is 0.355 e. The average Bonchev–Trinajstić information content (AvgIpc) is 3.16. The zero-order valence-corrected chi connectivity index (χ0v) is 15.1. The van der Waals surface area contributed by atoms with Gasteiger partial charge in [0.2, 0.25) is 5.91 Å². The molecule has 0 saturated carbocycles. The number of nitrogens with one attached hydrogen (secondary N) is 1. The van der Waals surface area contributed by atoms with E-state index in [1.807, 2.05) is 53.3 Å². The first kappa shape index (κ1) is 17.6. The van der Waals surface area contributed by atoms with Crippen molar-refractivity contribution in [1.82, 2.24) is 15.1 Å². The van der Waals surface area contributed by atoms with Gasteiger partial charge in [0.15, 0.2) is 0 Å². The lowest BCUT2D eigenvalue weighted by Crippen LogP contribution is -2.27. The predicted molar refractivity (Wildman–Crippen MR) is 102 cm³/mol. The van der Waals surface area contributed by atoms with E-state index in [0.29, 0.717) is 17.3 Å². The maximum absolute atomic E-state index is 11.9. The molecule has 0 unspecified atom stereocenters. The fourth-order valence-corrected chi connectivity index (χ4v) is 3.17. The molecule has 1 N–H and O–H groups in total. The summed E-state index contributed by atoms with van der Waals surface area (Å²) in [6, 6.07) is 17.6. The molecule has 6 heteroatoms. The molecule has 0 saturated heterocycles. The third kappa shape index (κ3) is 5.37. The number of nitrogens with zero attached hydrogens (tertiary/aromatic N) is 2. The van der Waals surface area contributed by atoms with Gasteiger partial charge in [-0.15, -0.1) is 11.8 Å². The van der Waals surface area contributed by atoms with Gasteiger partial charge in [0.05, 0.1) is 11.4 Å².